The standard InChI is InChI=1S/C25H29FN4O2/c1-14-22(13-20-19-11-16(26)5-8-21(19)29-24(20)31)27-15(2)23(14)25(32)28-17-6-7-18(12-17)30-9-3-4-10-30/h5,8,11,13,17-18,27H,3-4,6-7,9-10,12H2,1-2H3,(H,28,32)(H,29,31)/b20-13-/t17-,18+/m1/s1. The molecule has 0 spiro atoms. The summed E-state index contributed by atoms with van der Waals surface area (Å²) in [6.45, 7) is 6.11. The van der Waals surface area contributed by atoms with Crippen LogP contribution in [0.5, 0.6) is 0 Å². The van der Waals surface area contributed by atoms with Crippen molar-refractivity contribution in [3.63, 3.8) is 0 Å². The zero-order valence-corrected chi connectivity index (χ0v) is 18.6. The van der Waals surface area contributed by atoms with Gasteiger partial charge in [-0.05, 0) is 88.9 Å². The van der Waals surface area contributed by atoms with Crippen LogP contribution in [-0.2, 0) is 4.79 Å². The number of likely N-dealkylation sites (tertiary alicyclic amines) is 1. The molecule has 1 aliphatic carbocycles. The number of halogens is 1. The molecule has 2 aliphatic heterocycles. The molecular weight excluding hydrogens is 407 g/mol. The molecule has 1 aromatic heterocycles. The third-order valence-corrected chi connectivity index (χ3v) is 7.15. The van der Waals surface area contributed by atoms with E-state index in [2.05, 4.69) is 20.5 Å². The van der Waals surface area contributed by atoms with E-state index in [0.717, 1.165) is 30.5 Å². The largest absolute Gasteiger partial charge is 0.358 e. The van der Waals surface area contributed by atoms with E-state index >= 15 is 0 Å². The molecule has 0 bridgehead atoms. The molecule has 1 aromatic carbocycles. The van der Waals surface area contributed by atoms with Crippen molar-refractivity contribution in [2.45, 2.75) is 58.0 Å². The minimum Gasteiger partial charge on any atom is -0.358 e. The van der Waals surface area contributed by atoms with Gasteiger partial charge in [0.2, 0.25) is 0 Å². The second kappa shape index (κ2) is 8.20. The first-order valence-electron chi connectivity index (χ1n) is 11.5. The first kappa shape index (κ1) is 20.9. The molecule has 2 fully saturated rings. The number of aromatic amines is 1. The number of aromatic nitrogens is 1. The summed E-state index contributed by atoms with van der Waals surface area (Å²) >= 11 is 0. The fraction of sp³-hybridized carbons (Fsp3) is 0.440. The summed E-state index contributed by atoms with van der Waals surface area (Å²) in [5.74, 6) is -0.744. The highest BCUT2D eigenvalue weighted by Crippen LogP contribution is 2.34. The van der Waals surface area contributed by atoms with E-state index in [1.807, 2.05) is 13.8 Å². The van der Waals surface area contributed by atoms with Gasteiger partial charge in [0.15, 0.2) is 0 Å². The Morgan fingerprint density at radius 3 is 2.78 bits per heavy atom. The van der Waals surface area contributed by atoms with Gasteiger partial charge in [-0.1, -0.05) is 0 Å². The van der Waals surface area contributed by atoms with Gasteiger partial charge in [-0.25, -0.2) is 4.39 Å². The van der Waals surface area contributed by atoms with Crippen molar-refractivity contribution in [3.8, 4) is 0 Å². The van der Waals surface area contributed by atoms with E-state index in [4.69, 9.17) is 0 Å². The second-order valence-electron chi connectivity index (χ2n) is 9.25. The number of H-pyrrole nitrogens is 1. The van der Waals surface area contributed by atoms with Crippen LogP contribution >= 0.6 is 0 Å². The fourth-order valence-corrected chi connectivity index (χ4v) is 5.49. The predicted octanol–water partition coefficient (Wildman–Crippen LogP) is 4.01. The highest BCUT2D eigenvalue weighted by atomic mass is 19.1. The summed E-state index contributed by atoms with van der Waals surface area (Å²) in [5.41, 5.74) is 4.38. The molecule has 3 N–H and O–H groups in total. The van der Waals surface area contributed by atoms with Crippen molar-refractivity contribution in [2.75, 3.05) is 18.4 Å². The van der Waals surface area contributed by atoms with Crippen molar-refractivity contribution in [1.82, 2.24) is 15.2 Å². The van der Waals surface area contributed by atoms with Crippen molar-refractivity contribution in [2.24, 2.45) is 0 Å². The maximum absolute atomic E-state index is 13.7. The lowest BCUT2D eigenvalue weighted by Gasteiger charge is -2.23. The normalized spacial score (nSPS) is 24.2. The molecule has 1 saturated heterocycles. The number of amides is 2. The van der Waals surface area contributed by atoms with Gasteiger partial charge in [0.05, 0.1) is 11.1 Å². The summed E-state index contributed by atoms with van der Waals surface area (Å²) in [6.07, 6.45) is 7.42. The molecule has 2 atom stereocenters. The van der Waals surface area contributed by atoms with Gasteiger partial charge in [-0.15, -0.1) is 0 Å². The van der Waals surface area contributed by atoms with Gasteiger partial charge < -0.3 is 20.5 Å². The van der Waals surface area contributed by atoms with Crippen LogP contribution in [0.25, 0.3) is 11.6 Å². The van der Waals surface area contributed by atoms with E-state index < -0.39 is 5.82 Å². The lowest BCUT2D eigenvalue weighted by Crippen LogP contribution is -2.36. The number of fused-ring (bicyclic) bond motifs is 1. The molecule has 2 aromatic rings. The Bertz CT molecular complexity index is 1110. The highest BCUT2D eigenvalue weighted by molar-refractivity contribution is 6.34. The monoisotopic (exact) mass is 436 g/mol. The summed E-state index contributed by atoms with van der Waals surface area (Å²) in [6, 6.07) is 5.02. The van der Waals surface area contributed by atoms with Crippen molar-refractivity contribution in [3.05, 3.63) is 52.1 Å². The first-order valence-corrected chi connectivity index (χ1v) is 11.5. The number of hydrogen-bond donors (Lipinski definition) is 3. The Morgan fingerprint density at radius 1 is 1.22 bits per heavy atom. The first-order chi connectivity index (χ1) is 15.4. The number of benzene rings is 1. The van der Waals surface area contributed by atoms with Crippen LogP contribution in [0.4, 0.5) is 10.1 Å². The average Bonchev–Trinajstić information content (AvgIpc) is 3.52. The summed E-state index contributed by atoms with van der Waals surface area (Å²) in [4.78, 5) is 31.4. The zero-order chi connectivity index (χ0) is 22.4. The van der Waals surface area contributed by atoms with Crippen LogP contribution < -0.4 is 10.6 Å². The van der Waals surface area contributed by atoms with E-state index in [1.54, 1.807) is 12.1 Å². The number of nitrogens with zero attached hydrogens (tertiary/aromatic N) is 1. The Morgan fingerprint density at radius 2 is 2.00 bits per heavy atom. The van der Waals surface area contributed by atoms with E-state index in [1.165, 1.54) is 38.1 Å². The molecule has 168 valence electrons. The second-order valence-corrected chi connectivity index (χ2v) is 9.25. The Kier molecular flexibility index (Phi) is 5.37. The van der Waals surface area contributed by atoms with E-state index in [9.17, 15) is 14.0 Å². The maximum Gasteiger partial charge on any atom is 0.256 e. The maximum atomic E-state index is 13.7. The van der Waals surface area contributed by atoms with Gasteiger partial charge >= 0.3 is 0 Å². The molecule has 0 unspecified atom stereocenters. The number of nitrogens with one attached hydrogen (secondary N) is 3. The lowest BCUT2D eigenvalue weighted by molar-refractivity contribution is -0.110. The van der Waals surface area contributed by atoms with Gasteiger partial charge in [0.25, 0.3) is 11.8 Å². The molecule has 32 heavy (non-hydrogen) atoms. The summed E-state index contributed by atoms with van der Waals surface area (Å²) in [5, 5.41) is 6.00. The number of aryl methyl sites for hydroxylation is 1. The minimum absolute atomic E-state index is 0.0738. The molecule has 7 heteroatoms. The topological polar surface area (TPSA) is 77.2 Å². The van der Waals surface area contributed by atoms with Crippen molar-refractivity contribution in [1.29, 1.82) is 0 Å². The number of anilines is 1. The van der Waals surface area contributed by atoms with E-state index in [0.29, 0.717) is 34.1 Å². The van der Waals surface area contributed by atoms with Crippen LogP contribution in [0, 0.1) is 19.7 Å². The average molecular weight is 437 g/mol. The van der Waals surface area contributed by atoms with Crippen LogP contribution in [0.2, 0.25) is 0 Å². The molecule has 1 saturated carbocycles. The van der Waals surface area contributed by atoms with Gasteiger partial charge in [0, 0.05) is 34.7 Å². The van der Waals surface area contributed by atoms with Crippen LogP contribution in [0.1, 0.15) is 65.0 Å². The number of carbonyl (C=O) groups excluding carboxylic acids is 2. The van der Waals surface area contributed by atoms with Crippen LogP contribution in [-0.4, -0.2) is 46.9 Å². The smallest absolute Gasteiger partial charge is 0.256 e. The fourth-order valence-electron chi connectivity index (χ4n) is 5.49. The molecule has 2 amide bonds. The van der Waals surface area contributed by atoms with Crippen molar-refractivity contribution >= 4 is 29.2 Å². The molecule has 6 nitrogen and oxygen atoms in total. The highest BCUT2D eigenvalue weighted by Gasteiger charge is 2.32. The Balaban J connectivity index is 1.35. The third-order valence-electron chi connectivity index (χ3n) is 7.15. The van der Waals surface area contributed by atoms with E-state index in [-0.39, 0.29) is 17.9 Å². The summed E-state index contributed by atoms with van der Waals surface area (Å²) in [7, 11) is 0. The third kappa shape index (κ3) is 3.75. The van der Waals surface area contributed by atoms with Crippen molar-refractivity contribution < 1.29 is 14.0 Å². The molecule has 3 aliphatic rings. The Hall–Kier alpha value is -2.93. The van der Waals surface area contributed by atoms with Gasteiger partial charge in [0.1, 0.15) is 5.82 Å². The minimum atomic E-state index is -0.394. The van der Waals surface area contributed by atoms with Crippen LogP contribution in [0.3, 0.4) is 0 Å². The SMILES string of the molecule is Cc1[nH]c(/C=C2\C(=O)Nc3ccc(F)cc32)c(C)c1C(=O)N[C@@H]1CC[C@H](N2CCCC2)C1. The van der Waals surface area contributed by atoms with Gasteiger partial charge in [-0.2, -0.15) is 0 Å². The zero-order valence-electron chi connectivity index (χ0n) is 18.6. The molecule has 5 rings (SSSR count). The predicted molar refractivity (Wildman–Crippen MR) is 123 cm³/mol. The van der Waals surface area contributed by atoms with Gasteiger partial charge in [-0.3, -0.25) is 9.59 Å². The molecular formula is C25H29FN4O2. The number of hydrogen-bond acceptors (Lipinski definition) is 3. The number of carbonyl (C=O) groups is 2. The Labute approximate surface area is 187 Å². The van der Waals surface area contributed by atoms with Crippen LogP contribution in [0.15, 0.2) is 18.2 Å². The number of rotatable bonds is 4. The lowest BCUT2D eigenvalue weighted by atomic mass is 10.0. The quantitative estimate of drug-likeness (QED) is 0.634. The summed E-state index contributed by atoms with van der Waals surface area (Å²) < 4.78 is 13.7. The molecule has 3 heterocycles. The molecule has 0 radical (unpaired) electrons.